The van der Waals surface area contributed by atoms with Crippen LogP contribution in [0.3, 0.4) is 0 Å². The predicted molar refractivity (Wildman–Crippen MR) is 146 cm³/mol. The Morgan fingerprint density at radius 3 is 2.71 bits per heavy atom. The molecule has 0 amide bonds. The Morgan fingerprint density at radius 1 is 1.20 bits per heavy atom. The molecule has 2 atom stereocenters. The molecule has 6 rings (SSSR count). The second kappa shape index (κ2) is 11.0. The summed E-state index contributed by atoms with van der Waals surface area (Å²) < 4.78 is 40.5. The number of nitrogens with zero attached hydrogens (tertiary/aromatic N) is 4. The zero-order valence-electron chi connectivity index (χ0n) is 22.2. The minimum absolute atomic E-state index is 0.109. The smallest absolute Gasteiger partial charge is 0.338 e. The fraction of sp³-hybridized carbons (Fsp3) is 0.393. The van der Waals surface area contributed by atoms with Gasteiger partial charge in [-0.3, -0.25) is 14.5 Å². The topological polar surface area (TPSA) is 108 Å². The predicted octanol–water partition coefficient (Wildman–Crippen LogP) is 4.72. The van der Waals surface area contributed by atoms with Gasteiger partial charge in [-0.05, 0) is 43.7 Å². The van der Waals surface area contributed by atoms with Crippen LogP contribution in [0.15, 0.2) is 46.2 Å². The van der Waals surface area contributed by atoms with E-state index in [-0.39, 0.29) is 35.0 Å². The van der Waals surface area contributed by atoms with Crippen LogP contribution in [0.4, 0.5) is 8.78 Å². The van der Waals surface area contributed by atoms with Crippen molar-refractivity contribution in [2.24, 2.45) is 16.8 Å². The molecular weight excluding hydrogens is 576 g/mol. The number of esters is 2. The normalized spacial score (nSPS) is 23.7. The summed E-state index contributed by atoms with van der Waals surface area (Å²) in [4.78, 5) is 34.2. The number of thiazole rings is 1. The van der Waals surface area contributed by atoms with Gasteiger partial charge in [-0.15, -0.1) is 11.3 Å². The first kappa shape index (κ1) is 27.5. The summed E-state index contributed by atoms with van der Waals surface area (Å²) in [5, 5.41) is 10.1. The summed E-state index contributed by atoms with van der Waals surface area (Å²) in [6.45, 7) is 0. The summed E-state index contributed by atoms with van der Waals surface area (Å²) in [5.41, 5.74) is 2.93. The molecule has 2 aromatic heterocycles. The van der Waals surface area contributed by atoms with Crippen LogP contribution in [0.1, 0.15) is 53.2 Å². The van der Waals surface area contributed by atoms with Gasteiger partial charge in [0, 0.05) is 35.0 Å². The third-order valence-corrected chi connectivity index (χ3v) is 9.16. The minimum Gasteiger partial charge on any atom is -0.469 e. The van der Waals surface area contributed by atoms with Gasteiger partial charge in [-0.2, -0.15) is 5.10 Å². The molecule has 3 aliphatic rings. The van der Waals surface area contributed by atoms with E-state index < -0.39 is 28.7 Å². The number of carbonyl (C=O) groups excluding carboxylic acids is 2. The Bertz CT molecular complexity index is 1580. The zero-order chi connectivity index (χ0) is 28.8. The largest absolute Gasteiger partial charge is 0.469 e. The molecule has 1 aliphatic heterocycles. The van der Waals surface area contributed by atoms with E-state index in [1.165, 1.54) is 31.6 Å². The van der Waals surface area contributed by atoms with Crippen LogP contribution >= 0.6 is 22.9 Å². The first-order valence-electron chi connectivity index (χ1n) is 13.1. The number of aromatic nitrogens is 3. The minimum atomic E-state index is -1.21. The summed E-state index contributed by atoms with van der Waals surface area (Å²) in [6, 6.07) is 1.39. The number of hydrogen-bond donors (Lipinski definition) is 1. The average molecular weight is 602 g/mol. The molecule has 2 aliphatic carbocycles. The highest BCUT2D eigenvalue weighted by Crippen LogP contribution is 2.43. The van der Waals surface area contributed by atoms with E-state index in [2.05, 4.69) is 10.3 Å². The third kappa shape index (κ3) is 4.93. The molecule has 41 heavy (non-hydrogen) atoms. The van der Waals surface area contributed by atoms with Gasteiger partial charge >= 0.3 is 11.9 Å². The highest BCUT2D eigenvalue weighted by atomic mass is 35.5. The van der Waals surface area contributed by atoms with Crippen molar-refractivity contribution in [3.8, 4) is 0 Å². The number of rotatable bonds is 6. The van der Waals surface area contributed by atoms with Crippen molar-refractivity contribution in [2.75, 3.05) is 14.2 Å². The molecule has 9 nitrogen and oxygen atoms in total. The van der Waals surface area contributed by atoms with Crippen molar-refractivity contribution < 1.29 is 27.8 Å². The molecule has 0 saturated heterocycles. The van der Waals surface area contributed by atoms with Crippen LogP contribution in [0.5, 0.6) is 0 Å². The maximum atomic E-state index is 14.6. The van der Waals surface area contributed by atoms with E-state index in [1.807, 2.05) is 10.9 Å². The molecule has 0 bridgehead atoms. The van der Waals surface area contributed by atoms with Gasteiger partial charge < -0.3 is 14.8 Å². The monoisotopic (exact) mass is 601 g/mol. The number of aliphatic imine (C=N–C) groups is 1. The molecule has 214 valence electrons. The zero-order valence-corrected chi connectivity index (χ0v) is 23.8. The number of ether oxygens (including phenoxy) is 2. The summed E-state index contributed by atoms with van der Waals surface area (Å²) in [5.74, 6) is -3.01. The number of nitrogens with one attached hydrogen (secondary N) is 1. The third-order valence-electron chi connectivity index (χ3n) is 8.00. The Morgan fingerprint density at radius 2 is 2.00 bits per heavy atom. The molecule has 1 aromatic carbocycles. The maximum absolute atomic E-state index is 14.6. The maximum Gasteiger partial charge on any atom is 0.338 e. The van der Waals surface area contributed by atoms with Gasteiger partial charge in [0.05, 0.1) is 42.5 Å². The van der Waals surface area contributed by atoms with E-state index in [1.54, 1.807) is 11.6 Å². The lowest BCUT2D eigenvalue weighted by molar-refractivity contribution is -0.149. The summed E-state index contributed by atoms with van der Waals surface area (Å²) >= 11 is 7.63. The number of hydrogen-bond acceptors (Lipinski definition) is 9. The molecule has 0 spiro atoms. The molecule has 3 heterocycles. The van der Waals surface area contributed by atoms with Crippen molar-refractivity contribution in [1.29, 1.82) is 0 Å². The van der Waals surface area contributed by atoms with E-state index in [9.17, 15) is 18.4 Å². The fourth-order valence-corrected chi connectivity index (χ4v) is 6.61. The molecule has 1 saturated carbocycles. The molecule has 1 N–H and O–H groups in total. The van der Waals surface area contributed by atoms with Crippen LogP contribution in [-0.4, -0.2) is 46.8 Å². The van der Waals surface area contributed by atoms with Crippen LogP contribution < -0.4 is 5.32 Å². The van der Waals surface area contributed by atoms with Crippen molar-refractivity contribution in [1.82, 2.24) is 20.1 Å². The molecular formula is C28H26ClF2N5O4S. The number of allylic oxidation sites excluding steroid dienone is 1. The number of methoxy groups -OCH3 is 2. The summed E-state index contributed by atoms with van der Waals surface area (Å²) in [7, 11) is 2.66. The fourth-order valence-electron chi connectivity index (χ4n) is 5.77. The van der Waals surface area contributed by atoms with Gasteiger partial charge in [0.2, 0.25) is 0 Å². The highest BCUT2D eigenvalue weighted by molar-refractivity contribution is 7.11. The van der Waals surface area contributed by atoms with Gasteiger partial charge in [0.25, 0.3) is 0 Å². The number of carbonyl (C=O) groups is 2. The first-order chi connectivity index (χ1) is 19.8. The molecule has 13 heteroatoms. The Hall–Kier alpha value is -3.64. The van der Waals surface area contributed by atoms with Crippen molar-refractivity contribution in [3.05, 3.63) is 79.7 Å². The standard InChI is InChI=1S/C28H26ClF2N5O4S/c1-39-27(37)14-10-16(11-14)36-12-15-9-13(3-6-19(15)35-36)23-20(28(38)40-2)24(17-4-5-18(30)22(31)21(17)29)34-25(33-23)26-32-7-8-41-26/h4-5,7-8,12-14,16,24H,3,6,9-11H2,1-2H3,(H,33,34). The number of benzene rings is 1. The molecule has 3 aromatic rings. The summed E-state index contributed by atoms with van der Waals surface area (Å²) in [6.07, 6.45) is 6.93. The van der Waals surface area contributed by atoms with Gasteiger partial charge in [0.1, 0.15) is 6.04 Å². The van der Waals surface area contributed by atoms with Crippen LogP contribution in [-0.2, 0) is 31.9 Å². The van der Waals surface area contributed by atoms with Crippen molar-refractivity contribution in [2.45, 2.75) is 44.2 Å². The Labute approximate surface area is 243 Å². The van der Waals surface area contributed by atoms with Gasteiger partial charge in [-0.1, -0.05) is 17.7 Å². The van der Waals surface area contributed by atoms with Crippen LogP contribution in [0.25, 0.3) is 0 Å². The molecule has 0 radical (unpaired) electrons. The first-order valence-corrected chi connectivity index (χ1v) is 14.4. The molecule has 1 fully saturated rings. The second-order valence-electron chi connectivity index (χ2n) is 10.3. The lowest BCUT2D eigenvalue weighted by atomic mass is 9.80. The van der Waals surface area contributed by atoms with Gasteiger partial charge in [0.15, 0.2) is 22.5 Å². The van der Waals surface area contributed by atoms with Crippen molar-refractivity contribution in [3.63, 3.8) is 0 Å². The second-order valence-corrected chi connectivity index (χ2v) is 11.6. The lowest BCUT2D eigenvalue weighted by Gasteiger charge is -2.33. The highest BCUT2D eigenvalue weighted by Gasteiger charge is 2.40. The van der Waals surface area contributed by atoms with Crippen molar-refractivity contribution >= 4 is 40.7 Å². The van der Waals surface area contributed by atoms with Crippen LogP contribution in [0.2, 0.25) is 5.02 Å². The Balaban J connectivity index is 1.37. The average Bonchev–Trinajstić information content (AvgIpc) is 3.64. The SMILES string of the molecule is COC(=O)C1=C(C2CCc3nn(C4CC(C(=O)OC)C4)cc3C2)NC(c2nccs2)=NC1c1ccc(F)c(F)c1Cl. The lowest BCUT2D eigenvalue weighted by Crippen LogP contribution is -2.38. The van der Waals surface area contributed by atoms with E-state index in [0.717, 1.165) is 17.3 Å². The van der Waals surface area contributed by atoms with Gasteiger partial charge in [-0.25, -0.2) is 18.6 Å². The van der Waals surface area contributed by atoms with E-state index in [0.29, 0.717) is 48.6 Å². The quantitative estimate of drug-likeness (QED) is 0.322. The number of aryl methyl sites for hydroxylation is 1. The van der Waals surface area contributed by atoms with E-state index in [4.69, 9.17) is 31.2 Å². The number of amidine groups is 1. The number of halogens is 3. The Kier molecular flexibility index (Phi) is 7.37. The van der Waals surface area contributed by atoms with Crippen LogP contribution in [0, 0.1) is 23.5 Å². The van der Waals surface area contributed by atoms with E-state index >= 15 is 0 Å². The molecule has 2 unspecified atom stereocenters. The number of fused-ring (bicyclic) bond motifs is 1.